The van der Waals surface area contributed by atoms with Crippen molar-refractivity contribution in [1.82, 2.24) is 0 Å². The smallest absolute Gasteiger partial charge is 0.269 e. The number of quaternary nitrogens is 1. The van der Waals surface area contributed by atoms with Crippen molar-refractivity contribution in [2.45, 2.75) is 0 Å². The van der Waals surface area contributed by atoms with E-state index in [9.17, 15) is 10.1 Å². The largest absolute Gasteiger partial charge is 0.282 e. The summed E-state index contributed by atoms with van der Waals surface area (Å²) in [6.07, 6.45) is 0. The van der Waals surface area contributed by atoms with Crippen molar-refractivity contribution in [3.05, 3.63) is 64.7 Å². The van der Waals surface area contributed by atoms with Crippen LogP contribution in [0.4, 0.5) is 17.1 Å². The van der Waals surface area contributed by atoms with Crippen molar-refractivity contribution >= 4 is 17.1 Å². The molecule has 0 radical (unpaired) electrons. The van der Waals surface area contributed by atoms with Crippen LogP contribution in [0.15, 0.2) is 54.6 Å². The SMILES string of the molecule is O=[N+]([O-])c1ccc([NH2+]c2ccccc2)cc1. The first kappa shape index (κ1) is 10.3. The summed E-state index contributed by atoms with van der Waals surface area (Å²) < 4.78 is 0. The molecule has 0 aliphatic carbocycles. The molecule has 0 aliphatic rings. The van der Waals surface area contributed by atoms with Crippen molar-refractivity contribution in [3.63, 3.8) is 0 Å². The summed E-state index contributed by atoms with van der Waals surface area (Å²) in [5.41, 5.74) is 2.15. The quantitative estimate of drug-likeness (QED) is 0.484. The number of nitro benzene ring substituents is 1. The van der Waals surface area contributed by atoms with Crippen molar-refractivity contribution < 1.29 is 10.2 Å². The molecule has 0 saturated heterocycles. The summed E-state index contributed by atoms with van der Waals surface area (Å²) in [5, 5.41) is 12.4. The lowest BCUT2D eigenvalue weighted by atomic mass is 10.2. The molecular weight excluding hydrogens is 204 g/mol. The molecule has 0 fully saturated rings. The van der Waals surface area contributed by atoms with Crippen LogP contribution >= 0.6 is 0 Å². The van der Waals surface area contributed by atoms with E-state index < -0.39 is 4.92 Å². The predicted octanol–water partition coefficient (Wildman–Crippen LogP) is 2.12. The number of hydrogen-bond donors (Lipinski definition) is 1. The highest BCUT2D eigenvalue weighted by molar-refractivity contribution is 5.41. The van der Waals surface area contributed by atoms with Gasteiger partial charge in [-0.2, -0.15) is 0 Å². The van der Waals surface area contributed by atoms with Gasteiger partial charge < -0.3 is 0 Å². The van der Waals surface area contributed by atoms with Gasteiger partial charge in [-0.15, -0.1) is 0 Å². The number of benzene rings is 2. The van der Waals surface area contributed by atoms with Gasteiger partial charge in [0, 0.05) is 24.3 Å². The zero-order chi connectivity index (χ0) is 11.4. The van der Waals surface area contributed by atoms with Gasteiger partial charge in [0.2, 0.25) is 0 Å². The Hall–Kier alpha value is -2.20. The fourth-order valence-electron chi connectivity index (χ4n) is 1.43. The average molecular weight is 215 g/mol. The molecule has 0 atom stereocenters. The summed E-state index contributed by atoms with van der Waals surface area (Å²) in [6, 6.07) is 16.3. The van der Waals surface area contributed by atoms with E-state index in [0.29, 0.717) is 0 Å². The number of para-hydroxylation sites is 1. The highest BCUT2D eigenvalue weighted by Crippen LogP contribution is 2.13. The predicted molar refractivity (Wildman–Crippen MR) is 60.8 cm³/mol. The van der Waals surface area contributed by atoms with Gasteiger partial charge in [0.25, 0.3) is 5.69 Å². The number of nitro groups is 1. The van der Waals surface area contributed by atoms with Gasteiger partial charge in [0.1, 0.15) is 11.4 Å². The minimum Gasteiger partial charge on any atom is -0.282 e. The van der Waals surface area contributed by atoms with Crippen LogP contribution in [0, 0.1) is 10.1 Å². The molecule has 0 heterocycles. The molecule has 0 amide bonds. The molecule has 0 aliphatic heterocycles. The Kier molecular flexibility index (Phi) is 2.93. The van der Waals surface area contributed by atoms with Crippen LogP contribution in [0.3, 0.4) is 0 Å². The first-order chi connectivity index (χ1) is 7.75. The van der Waals surface area contributed by atoms with Gasteiger partial charge in [-0.1, -0.05) is 18.2 Å². The van der Waals surface area contributed by atoms with Crippen LogP contribution in [0.25, 0.3) is 0 Å². The van der Waals surface area contributed by atoms with Crippen molar-refractivity contribution in [2.24, 2.45) is 0 Å². The molecule has 2 N–H and O–H groups in total. The number of hydrogen-bond acceptors (Lipinski definition) is 2. The first-order valence-electron chi connectivity index (χ1n) is 4.90. The monoisotopic (exact) mass is 215 g/mol. The molecule has 16 heavy (non-hydrogen) atoms. The van der Waals surface area contributed by atoms with E-state index in [4.69, 9.17) is 0 Å². The number of non-ortho nitro benzene ring substituents is 1. The number of nitrogens with zero attached hydrogens (tertiary/aromatic N) is 1. The molecule has 4 nitrogen and oxygen atoms in total. The van der Waals surface area contributed by atoms with Gasteiger partial charge in [-0.05, 0) is 12.1 Å². The van der Waals surface area contributed by atoms with Gasteiger partial charge in [-0.25, -0.2) is 0 Å². The third kappa shape index (κ3) is 2.43. The van der Waals surface area contributed by atoms with Gasteiger partial charge >= 0.3 is 0 Å². The average Bonchev–Trinajstić information content (AvgIpc) is 2.31. The second kappa shape index (κ2) is 4.55. The van der Waals surface area contributed by atoms with E-state index in [2.05, 4.69) is 0 Å². The first-order valence-corrected chi connectivity index (χ1v) is 4.90. The van der Waals surface area contributed by atoms with Crippen LogP contribution < -0.4 is 5.32 Å². The van der Waals surface area contributed by atoms with Gasteiger partial charge in [0.15, 0.2) is 0 Å². The second-order valence-electron chi connectivity index (χ2n) is 3.40. The fraction of sp³-hybridized carbons (Fsp3) is 0. The van der Waals surface area contributed by atoms with Crippen molar-refractivity contribution in [1.29, 1.82) is 0 Å². The fourth-order valence-corrected chi connectivity index (χ4v) is 1.43. The van der Waals surface area contributed by atoms with Crippen molar-refractivity contribution in [2.75, 3.05) is 0 Å². The summed E-state index contributed by atoms with van der Waals surface area (Å²) in [4.78, 5) is 10.1. The van der Waals surface area contributed by atoms with E-state index in [0.717, 1.165) is 11.4 Å². The topological polar surface area (TPSA) is 59.8 Å². The van der Waals surface area contributed by atoms with Crippen LogP contribution in [0.1, 0.15) is 0 Å². The molecule has 0 aromatic heterocycles. The third-order valence-corrected chi connectivity index (χ3v) is 2.24. The molecule has 2 aromatic rings. The highest BCUT2D eigenvalue weighted by atomic mass is 16.6. The molecular formula is C12H11N2O2+. The molecule has 2 rings (SSSR count). The maximum atomic E-state index is 10.5. The Labute approximate surface area is 92.7 Å². The lowest BCUT2D eigenvalue weighted by Gasteiger charge is -1.99. The second-order valence-corrected chi connectivity index (χ2v) is 3.40. The molecule has 4 heteroatoms. The minimum absolute atomic E-state index is 0.116. The molecule has 2 aromatic carbocycles. The Bertz CT molecular complexity index is 480. The molecule has 0 spiro atoms. The van der Waals surface area contributed by atoms with Crippen LogP contribution in [-0.4, -0.2) is 4.92 Å². The third-order valence-electron chi connectivity index (χ3n) is 2.24. The van der Waals surface area contributed by atoms with E-state index in [1.807, 2.05) is 35.6 Å². The Morgan fingerprint density at radius 1 is 0.875 bits per heavy atom. The highest BCUT2D eigenvalue weighted by Gasteiger charge is 2.05. The summed E-state index contributed by atoms with van der Waals surface area (Å²) in [6.45, 7) is 0. The van der Waals surface area contributed by atoms with Gasteiger partial charge in [-0.3, -0.25) is 15.4 Å². The van der Waals surface area contributed by atoms with Crippen LogP contribution in [-0.2, 0) is 0 Å². The van der Waals surface area contributed by atoms with E-state index in [1.54, 1.807) is 12.1 Å². The zero-order valence-corrected chi connectivity index (χ0v) is 8.54. The summed E-state index contributed by atoms with van der Waals surface area (Å²) in [7, 11) is 0. The Morgan fingerprint density at radius 2 is 1.44 bits per heavy atom. The Morgan fingerprint density at radius 3 is 2.00 bits per heavy atom. The maximum absolute atomic E-state index is 10.5. The maximum Gasteiger partial charge on any atom is 0.269 e. The normalized spacial score (nSPS) is 10.0. The summed E-state index contributed by atoms with van der Waals surface area (Å²) >= 11 is 0. The molecule has 0 bridgehead atoms. The van der Waals surface area contributed by atoms with Crippen LogP contribution in [0.5, 0.6) is 0 Å². The molecule has 0 unspecified atom stereocenters. The van der Waals surface area contributed by atoms with Crippen LogP contribution in [0.2, 0.25) is 0 Å². The van der Waals surface area contributed by atoms with Gasteiger partial charge in [0.05, 0.1) is 4.92 Å². The molecule has 80 valence electrons. The zero-order valence-electron chi connectivity index (χ0n) is 8.54. The Balaban J connectivity index is 2.14. The van der Waals surface area contributed by atoms with E-state index >= 15 is 0 Å². The van der Waals surface area contributed by atoms with E-state index in [1.165, 1.54) is 12.1 Å². The van der Waals surface area contributed by atoms with E-state index in [-0.39, 0.29) is 5.69 Å². The lowest BCUT2D eigenvalue weighted by Crippen LogP contribution is -2.70. The van der Waals surface area contributed by atoms with Crippen molar-refractivity contribution in [3.8, 4) is 0 Å². The minimum atomic E-state index is -0.397. The standard InChI is InChI=1S/C12H10N2O2/c15-14(16)12-8-6-11(7-9-12)13-10-4-2-1-3-5-10/h1-9,13H/p+1. The number of nitrogens with two attached hydrogens (primary N) is 1. The number of rotatable bonds is 3. The lowest BCUT2D eigenvalue weighted by molar-refractivity contribution is -0.478. The summed E-state index contributed by atoms with van der Waals surface area (Å²) in [5.74, 6) is 0. The molecule has 0 saturated carbocycles.